The van der Waals surface area contributed by atoms with E-state index in [0.717, 1.165) is 12.2 Å². The number of hydrogen-bond donors (Lipinski definition) is 1. The molecule has 1 heterocycles. The van der Waals surface area contributed by atoms with Crippen molar-refractivity contribution in [1.29, 1.82) is 0 Å². The molecule has 1 N–H and O–H groups in total. The Labute approximate surface area is 108 Å². The topological polar surface area (TPSA) is 41.1 Å². The molecule has 0 aliphatic carbocycles. The van der Waals surface area contributed by atoms with E-state index in [1.807, 2.05) is 7.05 Å². The Morgan fingerprint density at radius 1 is 1.41 bits per heavy atom. The Morgan fingerprint density at radius 3 is 2.59 bits per heavy atom. The van der Waals surface area contributed by atoms with E-state index in [0.29, 0.717) is 22.9 Å². The Kier molecular flexibility index (Phi) is 5.00. The highest BCUT2D eigenvalue weighted by atomic mass is 35.5. The summed E-state index contributed by atoms with van der Waals surface area (Å²) in [7, 11) is 3.81. The minimum Gasteiger partial charge on any atom is -0.357 e. The molecular formula is C12H21ClN4. The standard InChI is InChI=1S/C12H21ClN4/c1-8(2)6-9(3)17(5)11-10(13)7-15-12(14-4)16-11/h7-9H,6H2,1-5H3,(H,14,15,16). The maximum Gasteiger partial charge on any atom is 0.224 e. The number of aromatic nitrogens is 2. The van der Waals surface area contributed by atoms with Crippen LogP contribution in [0.1, 0.15) is 27.2 Å². The van der Waals surface area contributed by atoms with Gasteiger partial charge < -0.3 is 10.2 Å². The summed E-state index contributed by atoms with van der Waals surface area (Å²) in [5.41, 5.74) is 0. The summed E-state index contributed by atoms with van der Waals surface area (Å²) in [6.45, 7) is 6.60. The zero-order valence-corrected chi connectivity index (χ0v) is 11.9. The molecule has 4 nitrogen and oxygen atoms in total. The third kappa shape index (κ3) is 3.73. The average Bonchev–Trinajstić information content (AvgIpc) is 2.28. The Morgan fingerprint density at radius 2 is 2.06 bits per heavy atom. The predicted molar refractivity (Wildman–Crippen MR) is 73.9 cm³/mol. The van der Waals surface area contributed by atoms with E-state index in [-0.39, 0.29) is 0 Å². The minimum atomic E-state index is 0.395. The van der Waals surface area contributed by atoms with Crippen molar-refractivity contribution >= 4 is 23.4 Å². The monoisotopic (exact) mass is 256 g/mol. The van der Waals surface area contributed by atoms with Gasteiger partial charge in [-0.25, -0.2) is 4.98 Å². The molecule has 1 aromatic rings. The van der Waals surface area contributed by atoms with Crippen molar-refractivity contribution in [3.05, 3.63) is 11.2 Å². The van der Waals surface area contributed by atoms with Gasteiger partial charge in [0, 0.05) is 20.1 Å². The molecule has 1 aromatic heterocycles. The third-order valence-corrected chi connectivity index (χ3v) is 3.02. The summed E-state index contributed by atoms with van der Waals surface area (Å²) in [4.78, 5) is 10.6. The highest BCUT2D eigenvalue weighted by Crippen LogP contribution is 2.25. The lowest BCUT2D eigenvalue weighted by molar-refractivity contribution is 0.502. The summed E-state index contributed by atoms with van der Waals surface area (Å²) in [5, 5.41) is 3.51. The fraction of sp³-hybridized carbons (Fsp3) is 0.667. The van der Waals surface area contributed by atoms with Crippen molar-refractivity contribution in [3.8, 4) is 0 Å². The molecule has 17 heavy (non-hydrogen) atoms. The lowest BCUT2D eigenvalue weighted by Crippen LogP contribution is -2.31. The van der Waals surface area contributed by atoms with Gasteiger partial charge >= 0.3 is 0 Å². The number of nitrogens with zero attached hydrogens (tertiary/aromatic N) is 3. The molecule has 0 radical (unpaired) electrons. The number of nitrogens with one attached hydrogen (secondary N) is 1. The average molecular weight is 257 g/mol. The van der Waals surface area contributed by atoms with Gasteiger partial charge in [-0.2, -0.15) is 4.98 Å². The van der Waals surface area contributed by atoms with Crippen LogP contribution in [-0.2, 0) is 0 Å². The highest BCUT2D eigenvalue weighted by Gasteiger charge is 2.16. The number of rotatable bonds is 5. The molecule has 1 rings (SSSR count). The van der Waals surface area contributed by atoms with Gasteiger partial charge in [0.15, 0.2) is 5.82 Å². The second kappa shape index (κ2) is 6.05. The van der Waals surface area contributed by atoms with Crippen molar-refractivity contribution < 1.29 is 0 Å². The molecule has 0 fully saturated rings. The van der Waals surface area contributed by atoms with Crippen LogP contribution in [0.25, 0.3) is 0 Å². The molecule has 1 atom stereocenters. The van der Waals surface area contributed by atoms with Crippen LogP contribution in [0, 0.1) is 5.92 Å². The molecule has 0 aliphatic rings. The lowest BCUT2D eigenvalue weighted by atomic mass is 10.0. The Hall–Kier alpha value is -1.03. The fourth-order valence-corrected chi connectivity index (χ4v) is 2.00. The molecular weight excluding hydrogens is 236 g/mol. The smallest absolute Gasteiger partial charge is 0.224 e. The summed E-state index contributed by atoms with van der Waals surface area (Å²) in [6.07, 6.45) is 2.74. The van der Waals surface area contributed by atoms with E-state index >= 15 is 0 Å². The third-order valence-electron chi connectivity index (χ3n) is 2.76. The zero-order valence-electron chi connectivity index (χ0n) is 11.2. The largest absolute Gasteiger partial charge is 0.357 e. The molecule has 96 valence electrons. The molecule has 0 amide bonds. The maximum absolute atomic E-state index is 6.13. The molecule has 0 saturated heterocycles. The van der Waals surface area contributed by atoms with Crippen molar-refractivity contribution in [3.63, 3.8) is 0 Å². The molecule has 0 aliphatic heterocycles. The van der Waals surface area contributed by atoms with Crippen LogP contribution in [0.2, 0.25) is 5.02 Å². The van der Waals surface area contributed by atoms with E-state index in [2.05, 4.69) is 41.0 Å². The lowest BCUT2D eigenvalue weighted by Gasteiger charge is -2.28. The van der Waals surface area contributed by atoms with Crippen molar-refractivity contribution in [2.24, 2.45) is 5.92 Å². The first-order chi connectivity index (χ1) is 7.95. The zero-order chi connectivity index (χ0) is 13.0. The van der Waals surface area contributed by atoms with Crippen LogP contribution in [0.4, 0.5) is 11.8 Å². The van der Waals surface area contributed by atoms with Gasteiger partial charge in [-0.3, -0.25) is 0 Å². The summed E-state index contributed by atoms with van der Waals surface area (Å²) < 4.78 is 0. The quantitative estimate of drug-likeness (QED) is 0.879. The second-order valence-electron chi connectivity index (χ2n) is 4.70. The number of anilines is 2. The van der Waals surface area contributed by atoms with Gasteiger partial charge in [-0.1, -0.05) is 25.4 Å². The molecule has 1 unspecified atom stereocenters. The van der Waals surface area contributed by atoms with Crippen LogP contribution >= 0.6 is 11.6 Å². The normalized spacial score (nSPS) is 12.6. The second-order valence-corrected chi connectivity index (χ2v) is 5.11. The van der Waals surface area contributed by atoms with Gasteiger partial charge in [0.1, 0.15) is 5.02 Å². The van der Waals surface area contributed by atoms with Crippen molar-refractivity contribution in [2.45, 2.75) is 33.2 Å². The van der Waals surface area contributed by atoms with Gasteiger partial charge in [0.25, 0.3) is 0 Å². The van der Waals surface area contributed by atoms with Gasteiger partial charge in [0.2, 0.25) is 5.95 Å². The Bertz CT molecular complexity index is 368. The molecule has 0 bridgehead atoms. The van der Waals surface area contributed by atoms with E-state index in [1.165, 1.54) is 0 Å². The van der Waals surface area contributed by atoms with Crippen molar-refractivity contribution in [2.75, 3.05) is 24.3 Å². The first kappa shape index (κ1) is 14.0. The first-order valence-electron chi connectivity index (χ1n) is 5.88. The molecule has 0 saturated carbocycles. The molecule has 0 spiro atoms. The predicted octanol–water partition coefficient (Wildman–Crippen LogP) is 3.04. The number of halogens is 1. The SMILES string of the molecule is CNc1ncc(Cl)c(N(C)C(C)CC(C)C)n1. The van der Waals surface area contributed by atoms with Crippen LogP contribution in [0.15, 0.2) is 6.20 Å². The van der Waals surface area contributed by atoms with Gasteiger partial charge in [-0.15, -0.1) is 0 Å². The molecule has 5 heteroatoms. The van der Waals surface area contributed by atoms with E-state index in [1.54, 1.807) is 13.2 Å². The van der Waals surface area contributed by atoms with Gasteiger partial charge in [-0.05, 0) is 19.3 Å². The van der Waals surface area contributed by atoms with E-state index in [4.69, 9.17) is 11.6 Å². The summed E-state index contributed by atoms with van der Waals surface area (Å²) in [5.74, 6) is 2.02. The van der Waals surface area contributed by atoms with E-state index < -0.39 is 0 Å². The van der Waals surface area contributed by atoms with Gasteiger partial charge in [0.05, 0.1) is 6.20 Å². The molecule has 0 aromatic carbocycles. The van der Waals surface area contributed by atoms with Crippen LogP contribution in [0.5, 0.6) is 0 Å². The maximum atomic E-state index is 6.13. The summed E-state index contributed by atoms with van der Waals surface area (Å²) >= 11 is 6.13. The minimum absolute atomic E-state index is 0.395. The van der Waals surface area contributed by atoms with E-state index in [9.17, 15) is 0 Å². The van der Waals surface area contributed by atoms with Crippen LogP contribution in [-0.4, -0.2) is 30.1 Å². The fourth-order valence-electron chi connectivity index (χ4n) is 1.78. The van der Waals surface area contributed by atoms with Crippen molar-refractivity contribution in [1.82, 2.24) is 9.97 Å². The highest BCUT2D eigenvalue weighted by molar-refractivity contribution is 6.32. The van der Waals surface area contributed by atoms with Crippen LogP contribution < -0.4 is 10.2 Å². The first-order valence-corrected chi connectivity index (χ1v) is 6.26. The Balaban J connectivity index is 2.90. The number of hydrogen-bond acceptors (Lipinski definition) is 4. The summed E-state index contributed by atoms with van der Waals surface area (Å²) in [6, 6.07) is 0.395. The van der Waals surface area contributed by atoms with Crippen LogP contribution in [0.3, 0.4) is 0 Å².